The maximum Gasteiger partial charge on any atom is 0.0870 e. The summed E-state index contributed by atoms with van der Waals surface area (Å²) in [5.41, 5.74) is 4.05. The second kappa shape index (κ2) is 4.77. The highest BCUT2D eigenvalue weighted by Crippen LogP contribution is 2.34. The van der Waals surface area contributed by atoms with E-state index in [0.29, 0.717) is 6.61 Å². The molecule has 1 aliphatic heterocycles. The number of fused-ring (bicyclic) bond motifs is 3. The van der Waals surface area contributed by atoms with Gasteiger partial charge in [-0.3, -0.25) is 0 Å². The highest BCUT2D eigenvalue weighted by atomic mass is 16.5. The zero-order valence-corrected chi connectivity index (χ0v) is 11.3. The van der Waals surface area contributed by atoms with Crippen LogP contribution in [0.15, 0.2) is 66.7 Å². The van der Waals surface area contributed by atoms with Gasteiger partial charge in [-0.05, 0) is 27.5 Å². The van der Waals surface area contributed by atoms with E-state index in [9.17, 15) is 0 Å². The molecule has 3 aromatic carbocycles. The van der Waals surface area contributed by atoms with Crippen LogP contribution >= 0.6 is 0 Å². The van der Waals surface area contributed by atoms with Crippen molar-refractivity contribution in [2.75, 3.05) is 0 Å². The highest BCUT2D eigenvalue weighted by molar-refractivity contribution is 5.87. The number of rotatable bonds is 1. The summed E-state index contributed by atoms with van der Waals surface area (Å²) < 4.78 is 6.04. The van der Waals surface area contributed by atoms with Crippen LogP contribution in [0.1, 0.15) is 22.8 Å². The van der Waals surface area contributed by atoms with Gasteiger partial charge in [0, 0.05) is 6.42 Å². The van der Waals surface area contributed by atoms with Crippen LogP contribution in [-0.2, 0) is 17.8 Å². The molecule has 0 fully saturated rings. The quantitative estimate of drug-likeness (QED) is 0.618. The molecular formula is C19H16O. The molecule has 0 bridgehead atoms. The Balaban J connectivity index is 1.80. The first-order valence-corrected chi connectivity index (χ1v) is 7.08. The van der Waals surface area contributed by atoms with Crippen LogP contribution in [0.2, 0.25) is 0 Å². The molecule has 1 unspecified atom stereocenters. The van der Waals surface area contributed by atoms with Crippen LogP contribution in [0.3, 0.4) is 0 Å². The molecule has 0 aliphatic carbocycles. The molecule has 1 heteroatoms. The maximum atomic E-state index is 6.04. The van der Waals surface area contributed by atoms with Gasteiger partial charge >= 0.3 is 0 Å². The Bertz CT molecular complexity index is 746. The topological polar surface area (TPSA) is 9.23 Å². The predicted octanol–water partition coefficient (Wildman–Crippen LogP) is 4.65. The largest absolute Gasteiger partial charge is 0.368 e. The van der Waals surface area contributed by atoms with Gasteiger partial charge in [0.1, 0.15) is 0 Å². The Morgan fingerprint density at radius 3 is 2.50 bits per heavy atom. The summed E-state index contributed by atoms with van der Waals surface area (Å²) in [7, 11) is 0. The molecule has 0 amide bonds. The molecule has 0 spiro atoms. The Morgan fingerprint density at radius 1 is 0.800 bits per heavy atom. The summed E-state index contributed by atoms with van der Waals surface area (Å²) in [6, 6.07) is 23.5. The maximum absolute atomic E-state index is 6.04. The highest BCUT2D eigenvalue weighted by Gasteiger charge is 2.21. The van der Waals surface area contributed by atoms with Crippen LogP contribution < -0.4 is 0 Å². The zero-order valence-electron chi connectivity index (χ0n) is 11.3. The van der Waals surface area contributed by atoms with Crippen molar-refractivity contribution >= 4 is 10.8 Å². The van der Waals surface area contributed by atoms with E-state index in [2.05, 4.69) is 66.7 Å². The molecule has 1 aliphatic rings. The van der Waals surface area contributed by atoms with E-state index in [1.807, 2.05) is 0 Å². The van der Waals surface area contributed by atoms with Crippen molar-refractivity contribution in [1.29, 1.82) is 0 Å². The molecule has 0 saturated carbocycles. The van der Waals surface area contributed by atoms with E-state index >= 15 is 0 Å². The van der Waals surface area contributed by atoms with E-state index in [1.54, 1.807) is 0 Å². The van der Waals surface area contributed by atoms with Crippen molar-refractivity contribution in [3.63, 3.8) is 0 Å². The minimum absolute atomic E-state index is 0.175. The summed E-state index contributed by atoms with van der Waals surface area (Å²) in [6.45, 7) is 0.708. The molecule has 0 saturated heterocycles. The molecule has 1 heterocycles. The SMILES string of the molecule is c1ccc(C2Cc3c(ccc4ccccc34)CO2)cc1. The Labute approximate surface area is 118 Å². The first-order valence-electron chi connectivity index (χ1n) is 7.08. The summed E-state index contributed by atoms with van der Waals surface area (Å²) in [5.74, 6) is 0. The van der Waals surface area contributed by atoms with Crippen molar-refractivity contribution in [3.8, 4) is 0 Å². The fourth-order valence-corrected chi connectivity index (χ4v) is 3.07. The third kappa shape index (κ3) is 1.91. The summed E-state index contributed by atoms with van der Waals surface area (Å²) in [4.78, 5) is 0. The van der Waals surface area contributed by atoms with Crippen LogP contribution in [0, 0.1) is 0 Å². The third-order valence-electron chi connectivity index (χ3n) is 4.14. The van der Waals surface area contributed by atoms with Gasteiger partial charge in [0.05, 0.1) is 12.7 Å². The number of ether oxygens (including phenoxy) is 1. The average molecular weight is 260 g/mol. The molecule has 4 rings (SSSR count). The number of hydrogen-bond acceptors (Lipinski definition) is 1. The molecule has 3 aromatic rings. The zero-order chi connectivity index (χ0) is 13.4. The lowest BCUT2D eigenvalue weighted by Gasteiger charge is -2.27. The fourth-order valence-electron chi connectivity index (χ4n) is 3.07. The number of hydrogen-bond donors (Lipinski definition) is 0. The minimum atomic E-state index is 0.175. The van der Waals surface area contributed by atoms with Gasteiger partial charge in [-0.2, -0.15) is 0 Å². The van der Waals surface area contributed by atoms with Crippen LogP contribution in [0.25, 0.3) is 10.8 Å². The van der Waals surface area contributed by atoms with Gasteiger partial charge in [-0.15, -0.1) is 0 Å². The van der Waals surface area contributed by atoms with Crippen LogP contribution in [-0.4, -0.2) is 0 Å². The van der Waals surface area contributed by atoms with E-state index in [1.165, 1.54) is 27.5 Å². The lowest BCUT2D eigenvalue weighted by molar-refractivity contribution is 0.0279. The molecule has 0 aromatic heterocycles. The Kier molecular flexibility index (Phi) is 2.79. The Morgan fingerprint density at radius 2 is 1.60 bits per heavy atom. The normalized spacial score (nSPS) is 17.9. The molecule has 0 radical (unpaired) electrons. The summed E-state index contributed by atoms with van der Waals surface area (Å²) in [5, 5.41) is 2.69. The van der Waals surface area contributed by atoms with E-state index in [4.69, 9.17) is 4.74 Å². The molecule has 98 valence electrons. The predicted molar refractivity (Wildman–Crippen MR) is 81.6 cm³/mol. The third-order valence-corrected chi connectivity index (χ3v) is 4.14. The second-order valence-corrected chi connectivity index (χ2v) is 5.34. The van der Waals surface area contributed by atoms with E-state index in [0.717, 1.165) is 6.42 Å². The van der Waals surface area contributed by atoms with Crippen molar-refractivity contribution in [3.05, 3.63) is 83.4 Å². The fraction of sp³-hybridized carbons (Fsp3) is 0.158. The van der Waals surface area contributed by atoms with E-state index < -0.39 is 0 Å². The molecule has 1 nitrogen and oxygen atoms in total. The van der Waals surface area contributed by atoms with E-state index in [-0.39, 0.29) is 6.10 Å². The first-order chi connectivity index (χ1) is 9.92. The molecular weight excluding hydrogens is 244 g/mol. The summed E-state index contributed by atoms with van der Waals surface area (Å²) >= 11 is 0. The minimum Gasteiger partial charge on any atom is -0.368 e. The second-order valence-electron chi connectivity index (χ2n) is 5.34. The first kappa shape index (κ1) is 11.7. The smallest absolute Gasteiger partial charge is 0.0870 e. The number of benzene rings is 3. The van der Waals surface area contributed by atoms with Crippen LogP contribution in [0.5, 0.6) is 0 Å². The van der Waals surface area contributed by atoms with Gasteiger partial charge < -0.3 is 4.74 Å². The monoisotopic (exact) mass is 260 g/mol. The standard InChI is InChI=1S/C19H16O/c1-2-7-15(8-3-1)19-12-18-16(13-20-19)11-10-14-6-4-5-9-17(14)18/h1-11,19H,12-13H2. The molecule has 20 heavy (non-hydrogen) atoms. The Hall–Kier alpha value is -2.12. The van der Waals surface area contributed by atoms with Crippen molar-refractivity contribution < 1.29 is 4.74 Å². The van der Waals surface area contributed by atoms with Gasteiger partial charge in [0.15, 0.2) is 0 Å². The lowest BCUT2D eigenvalue weighted by atomic mass is 9.91. The van der Waals surface area contributed by atoms with Gasteiger partial charge in [0.2, 0.25) is 0 Å². The van der Waals surface area contributed by atoms with Crippen molar-refractivity contribution in [2.45, 2.75) is 19.1 Å². The van der Waals surface area contributed by atoms with Gasteiger partial charge in [0.25, 0.3) is 0 Å². The van der Waals surface area contributed by atoms with Gasteiger partial charge in [-0.25, -0.2) is 0 Å². The van der Waals surface area contributed by atoms with Crippen LogP contribution in [0.4, 0.5) is 0 Å². The van der Waals surface area contributed by atoms with Crippen molar-refractivity contribution in [1.82, 2.24) is 0 Å². The molecule has 1 atom stereocenters. The van der Waals surface area contributed by atoms with Gasteiger partial charge in [-0.1, -0.05) is 66.7 Å². The van der Waals surface area contributed by atoms with Crippen molar-refractivity contribution in [2.24, 2.45) is 0 Å². The lowest BCUT2D eigenvalue weighted by Crippen LogP contribution is -2.15. The summed E-state index contributed by atoms with van der Waals surface area (Å²) in [6.07, 6.45) is 1.13. The average Bonchev–Trinajstić information content (AvgIpc) is 2.55. The molecule has 0 N–H and O–H groups in total.